The lowest BCUT2D eigenvalue weighted by Crippen LogP contribution is -2.44. The van der Waals surface area contributed by atoms with Gasteiger partial charge in [0.2, 0.25) is 0 Å². The smallest absolute Gasteiger partial charge is 0.257 e. The third-order valence-corrected chi connectivity index (χ3v) is 5.88. The Morgan fingerprint density at radius 1 is 1.23 bits per heavy atom. The molecule has 4 rings (SSSR count). The zero-order valence-electron chi connectivity index (χ0n) is 17.6. The fourth-order valence-corrected chi connectivity index (χ4v) is 3.84. The molecule has 1 amide bonds. The first-order chi connectivity index (χ1) is 14.5. The normalized spacial score (nSPS) is 15.8. The van der Waals surface area contributed by atoms with E-state index in [9.17, 15) is 4.79 Å². The second-order valence-electron chi connectivity index (χ2n) is 8.03. The van der Waals surface area contributed by atoms with Gasteiger partial charge in [0, 0.05) is 31.1 Å². The summed E-state index contributed by atoms with van der Waals surface area (Å²) in [7, 11) is 1.66. The first-order valence-electron chi connectivity index (χ1n) is 10.1. The van der Waals surface area contributed by atoms with Gasteiger partial charge in [-0.25, -0.2) is 15.0 Å². The number of aryl methyl sites for hydroxylation is 1. The molecule has 0 bridgehead atoms. The Morgan fingerprint density at radius 3 is 2.77 bits per heavy atom. The van der Waals surface area contributed by atoms with Crippen LogP contribution in [0.4, 0.5) is 0 Å². The summed E-state index contributed by atoms with van der Waals surface area (Å²) in [5.74, 6) is 2.39. The molecule has 0 unspecified atom stereocenters. The average Bonchev–Trinajstić information content (AvgIpc) is 3.24. The van der Waals surface area contributed by atoms with E-state index in [4.69, 9.17) is 9.15 Å². The molecular formula is C23H26N4O3. The summed E-state index contributed by atoms with van der Waals surface area (Å²) in [5.41, 5.74) is 2.20. The van der Waals surface area contributed by atoms with Crippen molar-refractivity contribution in [3.8, 4) is 5.75 Å². The van der Waals surface area contributed by atoms with Gasteiger partial charge in [0.05, 0.1) is 24.6 Å². The molecule has 0 radical (unpaired) electrons. The number of ether oxygens (including phenoxy) is 1. The Hall–Kier alpha value is -3.22. The zero-order chi connectivity index (χ0) is 21.1. The van der Waals surface area contributed by atoms with E-state index in [2.05, 4.69) is 21.9 Å². The fourth-order valence-electron chi connectivity index (χ4n) is 3.84. The third-order valence-electron chi connectivity index (χ3n) is 5.88. The number of amides is 1. The summed E-state index contributed by atoms with van der Waals surface area (Å²) in [5, 5.41) is 0. The van der Waals surface area contributed by atoms with Crippen molar-refractivity contribution in [2.24, 2.45) is 0 Å². The Bertz CT molecular complexity index is 1040. The van der Waals surface area contributed by atoms with Crippen molar-refractivity contribution < 1.29 is 13.9 Å². The van der Waals surface area contributed by atoms with Crippen LogP contribution in [0.5, 0.6) is 5.75 Å². The zero-order valence-corrected chi connectivity index (χ0v) is 17.6. The van der Waals surface area contributed by atoms with Crippen LogP contribution in [0, 0.1) is 6.92 Å². The number of benzene rings is 1. The molecule has 156 valence electrons. The Morgan fingerprint density at radius 2 is 2.03 bits per heavy atom. The van der Waals surface area contributed by atoms with Gasteiger partial charge in [-0.2, -0.15) is 0 Å². The number of carbonyl (C=O) groups excluding carboxylic acids is 1. The molecule has 1 aromatic carbocycles. The first kappa shape index (κ1) is 20.1. The highest BCUT2D eigenvalue weighted by atomic mass is 16.5. The predicted octanol–water partition coefficient (Wildman–Crippen LogP) is 3.57. The molecule has 0 atom stereocenters. The van der Waals surface area contributed by atoms with Crippen molar-refractivity contribution in [3.05, 3.63) is 71.5 Å². The van der Waals surface area contributed by atoms with Gasteiger partial charge < -0.3 is 14.1 Å². The van der Waals surface area contributed by atoms with Gasteiger partial charge in [0.15, 0.2) is 5.89 Å². The quantitative estimate of drug-likeness (QED) is 0.644. The van der Waals surface area contributed by atoms with E-state index in [-0.39, 0.29) is 11.3 Å². The molecule has 3 heterocycles. The number of likely N-dealkylation sites (tertiary alicyclic amines) is 1. The minimum absolute atomic E-state index is 0.0127. The van der Waals surface area contributed by atoms with Crippen molar-refractivity contribution in [1.29, 1.82) is 0 Å². The summed E-state index contributed by atoms with van der Waals surface area (Å²) in [6.45, 7) is 5.29. The lowest BCUT2D eigenvalue weighted by Gasteiger charge is -2.37. The predicted molar refractivity (Wildman–Crippen MR) is 112 cm³/mol. The summed E-state index contributed by atoms with van der Waals surface area (Å²) < 4.78 is 11.4. The molecule has 2 aromatic heterocycles. The van der Waals surface area contributed by atoms with E-state index in [1.54, 1.807) is 13.3 Å². The number of carbonyl (C=O) groups is 1. The van der Waals surface area contributed by atoms with Crippen molar-refractivity contribution >= 4 is 5.91 Å². The second-order valence-corrected chi connectivity index (χ2v) is 8.03. The summed E-state index contributed by atoms with van der Waals surface area (Å²) >= 11 is 0. The van der Waals surface area contributed by atoms with Gasteiger partial charge in [0.1, 0.15) is 17.8 Å². The Balaban J connectivity index is 1.42. The van der Waals surface area contributed by atoms with Gasteiger partial charge >= 0.3 is 0 Å². The maximum absolute atomic E-state index is 12.8. The molecule has 3 aromatic rings. The first-order valence-corrected chi connectivity index (χ1v) is 10.1. The molecular weight excluding hydrogens is 380 g/mol. The van der Waals surface area contributed by atoms with E-state index in [1.807, 2.05) is 42.3 Å². The van der Waals surface area contributed by atoms with Crippen LogP contribution in [0.1, 0.15) is 53.0 Å². The SMILES string of the molecule is COc1cccc(Cc2cnc(C3(C)CCN(C(=O)c4cncnc4C)CC3)o2)c1. The molecule has 0 aliphatic carbocycles. The molecule has 0 spiro atoms. The lowest BCUT2D eigenvalue weighted by atomic mass is 9.80. The molecule has 1 aliphatic rings. The van der Waals surface area contributed by atoms with E-state index in [0.717, 1.165) is 35.8 Å². The number of oxazole rings is 1. The average molecular weight is 406 g/mol. The molecule has 30 heavy (non-hydrogen) atoms. The van der Waals surface area contributed by atoms with Crippen LogP contribution >= 0.6 is 0 Å². The Labute approximate surface area is 176 Å². The molecule has 1 fully saturated rings. The van der Waals surface area contributed by atoms with Gasteiger partial charge in [-0.05, 0) is 37.5 Å². The van der Waals surface area contributed by atoms with E-state index in [0.29, 0.717) is 30.8 Å². The molecule has 0 saturated carbocycles. The minimum atomic E-state index is -0.189. The molecule has 7 heteroatoms. The number of hydrogen-bond donors (Lipinski definition) is 0. The van der Waals surface area contributed by atoms with Gasteiger partial charge in [-0.1, -0.05) is 19.1 Å². The fraction of sp³-hybridized carbons (Fsp3) is 0.391. The molecule has 1 aliphatic heterocycles. The van der Waals surface area contributed by atoms with Crippen LogP contribution in [0.15, 0.2) is 47.4 Å². The molecule has 7 nitrogen and oxygen atoms in total. The summed E-state index contributed by atoms with van der Waals surface area (Å²) in [6, 6.07) is 7.95. The van der Waals surface area contributed by atoms with E-state index >= 15 is 0 Å². The number of aromatic nitrogens is 3. The van der Waals surface area contributed by atoms with Crippen LogP contribution in [0.3, 0.4) is 0 Å². The highest BCUT2D eigenvalue weighted by Gasteiger charge is 2.37. The molecule has 1 saturated heterocycles. The summed E-state index contributed by atoms with van der Waals surface area (Å²) in [6.07, 6.45) is 7.12. The molecule has 0 N–H and O–H groups in total. The minimum Gasteiger partial charge on any atom is -0.497 e. The second kappa shape index (κ2) is 8.26. The number of methoxy groups -OCH3 is 1. The van der Waals surface area contributed by atoms with Crippen LogP contribution < -0.4 is 4.74 Å². The number of nitrogens with zero attached hydrogens (tertiary/aromatic N) is 4. The van der Waals surface area contributed by atoms with Gasteiger partial charge in [-0.3, -0.25) is 4.79 Å². The monoisotopic (exact) mass is 406 g/mol. The maximum Gasteiger partial charge on any atom is 0.257 e. The topological polar surface area (TPSA) is 81.4 Å². The third kappa shape index (κ3) is 4.06. The number of hydrogen-bond acceptors (Lipinski definition) is 6. The standard InChI is InChI=1S/C23H26N4O3/c1-16-20(14-24-15-26-16)21(28)27-9-7-23(2,8-10-27)22-25-13-19(30-22)12-17-5-4-6-18(11-17)29-3/h4-6,11,13-15H,7-10,12H2,1-3H3. The highest BCUT2D eigenvalue weighted by Crippen LogP contribution is 2.35. The lowest BCUT2D eigenvalue weighted by molar-refractivity contribution is 0.0656. The van der Waals surface area contributed by atoms with Crippen LogP contribution in [-0.4, -0.2) is 46.0 Å². The van der Waals surface area contributed by atoms with Gasteiger partial charge in [0.25, 0.3) is 5.91 Å². The summed E-state index contributed by atoms with van der Waals surface area (Å²) in [4.78, 5) is 27.4. The Kier molecular flexibility index (Phi) is 5.53. The van der Waals surface area contributed by atoms with Crippen LogP contribution in [0.25, 0.3) is 0 Å². The number of piperidine rings is 1. The maximum atomic E-state index is 12.8. The van der Waals surface area contributed by atoms with Crippen molar-refractivity contribution in [2.45, 2.75) is 38.5 Å². The van der Waals surface area contributed by atoms with E-state index in [1.165, 1.54) is 6.33 Å². The van der Waals surface area contributed by atoms with Crippen LogP contribution in [0.2, 0.25) is 0 Å². The van der Waals surface area contributed by atoms with Crippen molar-refractivity contribution in [1.82, 2.24) is 19.9 Å². The van der Waals surface area contributed by atoms with Crippen molar-refractivity contribution in [2.75, 3.05) is 20.2 Å². The number of rotatable bonds is 5. The van der Waals surface area contributed by atoms with E-state index < -0.39 is 0 Å². The van der Waals surface area contributed by atoms with Crippen molar-refractivity contribution in [3.63, 3.8) is 0 Å². The van der Waals surface area contributed by atoms with Gasteiger partial charge in [-0.15, -0.1) is 0 Å². The largest absolute Gasteiger partial charge is 0.497 e. The highest BCUT2D eigenvalue weighted by molar-refractivity contribution is 5.94. The van der Waals surface area contributed by atoms with Crippen LogP contribution in [-0.2, 0) is 11.8 Å².